The summed E-state index contributed by atoms with van der Waals surface area (Å²) in [5.74, 6) is -0.769. The van der Waals surface area contributed by atoms with Gasteiger partial charge in [0.1, 0.15) is 12.1 Å². The summed E-state index contributed by atoms with van der Waals surface area (Å²) in [6.07, 6.45) is 3.08. The fourth-order valence-corrected chi connectivity index (χ4v) is 5.74. The molecule has 1 aromatic carbocycles. The first-order valence-corrected chi connectivity index (χ1v) is 11.0. The normalized spacial score (nSPS) is 23.3. The van der Waals surface area contributed by atoms with E-state index in [9.17, 15) is 14.4 Å². The van der Waals surface area contributed by atoms with E-state index in [1.807, 2.05) is 24.3 Å². The summed E-state index contributed by atoms with van der Waals surface area (Å²) in [6.45, 7) is 1.44. The number of hydrogen-bond donors (Lipinski definition) is 2. The first-order chi connectivity index (χ1) is 14.5. The van der Waals surface area contributed by atoms with Gasteiger partial charge in [0, 0.05) is 24.4 Å². The van der Waals surface area contributed by atoms with Gasteiger partial charge in [0.2, 0.25) is 5.91 Å². The molecule has 5 rings (SSSR count). The third kappa shape index (κ3) is 3.09. The first kappa shape index (κ1) is 19.2. The summed E-state index contributed by atoms with van der Waals surface area (Å²) < 4.78 is 0. The third-order valence-corrected chi connectivity index (χ3v) is 7.12. The summed E-state index contributed by atoms with van der Waals surface area (Å²) in [4.78, 5) is 47.4. The fraction of sp³-hybridized carbons (Fsp3) is 0.429. The van der Waals surface area contributed by atoms with Crippen molar-refractivity contribution in [2.24, 2.45) is 0 Å². The van der Waals surface area contributed by atoms with Gasteiger partial charge in [-0.25, -0.2) is 9.78 Å². The Morgan fingerprint density at radius 3 is 3.00 bits per heavy atom. The maximum atomic E-state index is 13.3. The number of anilines is 1. The van der Waals surface area contributed by atoms with Crippen LogP contribution in [0, 0.1) is 0 Å². The average Bonchev–Trinajstić information content (AvgIpc) is 3.22. The molecule has 4 amide bonds. The van der Waals surface area contributed by atoms with E-state index in [-0.39, 0.29) is 12.5 Å². The van der Waals surface area contributed by atoms with E-state index in [1.54, 1.807) is 0 Å². The number of thiazole rings is 1. The van der Waals surface area contributed by atoms with E-state index in [1.165, 1.54) is 11.3 Å². The zero-order valence-corrected chi connectivity index (χ0v) is 17.6. The van der Waals surface area contributed by atoms with Crippen molar-refractivity contribution in [1.29, 1.82) is 0 Å². The predicted octanol–water partition coefficient (Wildman–Crippen LogP) is 1.85. The molecule has 1 unspecified atom stereocenters. The van der Waals surface area contributed by atoms with Crippen LogP contribution in [-0.4, -0.2) is 52.8 Å². The maximum Gasteiger partial charge on any atom is 0.325 e. The number of likely N-dealkylation sites (N-methyl/N-ethyl adjacent to an activating group) is 1. The van der Waals surface area contributed by atoms with E-state index in [2.05, 4.69) is 27.6 Å². The number of carbonyl (C=O) groups is 3. The molecule has 3 heterocycles. The van der Waals surface area contributed by atoms with E-state index in [4.69, 9.17) is 0 Å². The van der Waals surface area contributed by atoms with Gasteiger partial charge in [0.15, 0.2) is 5.13 Å². The van der Waals surface area contributed by atoms with Crippen molar-refractivity contribution in [1.82, 2.24) is 20.1 Å². The largest absolute Gasteiger partial charge is 0.325 e. The quantitative estimate of drug-likeness (QED) is 0.732. The van der Waals surface area contributed by atoms with Crippen LogP contribution < -0.4 is 10.6 Å². The number of imide groups is 1. The van der Waals surface area contributed by atoms with Crippen LogP contribution in [0.1, 0.15) is 34.5 Å². The molecule has 156 valence electrons. The van der Waals surface area contributed by atoms with Crippen molar-refractivity contribution >= 4 is 34.3 Å². The Kier molecular flexibility index (Phi) is 4.59. The number of benzene rings is 1. The molecular weight excluding hydrogens is 402 g/mol. The molecule has 8 nitrogen and oxygen atoms in total. The number of nitrogens with zero attached hydrogens (tertiary/aromatic N) is 3. The van der Waals surface area contributed by atoms with Crippen molar-refractivity contribution < 1.29 is 14.4 Å². The molecule has 1 spiro atoms. The van der Waals surface area contributed by atoms with Gasteiger partial charge in [-0.3, -0.25) is 14.5 Å². The molecule has 0 bridgehead atoms. The van der Waals surface area contributed by atoms with Crippen molar-refractivity contribution in [3.05, 3.63) is 46.0 Å². The number of urea groups is 1. The van der Waals surface area contributed by atoms with Crippen LogP contribution >= 0.6 is 11.3 Å². The topological polar surface area (TPSA) is 94.6 Å². The summed E-state index contributed by atoms with van der Waals surface area (Å²) in [6, 6.07) is 7.19. The molecule has 1 atom stereocenters. The van der Waals surface area contributed by atoms with E-state index < -0.39 is 17.5 Å². The second-order valence-electron chi connectivity index (χ2n) is 8.16. The molecule has 1 aliphatic carbocycles. The lowest BCUT2D eigenvalue weighted by Crippen LogP contribution is -2.47. The van der Waals surface area contributed by atoms with Gasteiger partial charge in [0.05, 0.1) is 5.69 Å². The van der Waals surface area contributed by atoms with Crippen LogP contribution in [0.4, 0.5) is 9.93 Å². The molecule has 0 saturated carbocycles. The van der Waals surface area contributed by atoms with Crippen molar-refractivity contribution in [2.45, 2.75) is 37.8 Å². The van der Waals surface area contributed by atoms with Gasteiger partial charge < -0.3 is 15.5 Å². The Morgan fingerprint density at radius 2 is 2.13 bits per heavy atom. The monoisotopic (exact) mass is 425 g/mol. The average molecular weight is 426 g/mol. The van der Waals surface area contributed by atoms with Crippen molar-refractivity contribution in [3.63, 3.8) is 0 Å². The van der Waals surface area contributed by atoms with Crippen LogP contribution in [0.3, 0.4) is 0 Å². The second kappa shape index (κ2) is 7.17. The first-order valence-electron chi connectivity index (χ1n) is 10.2. The molecule has 2 aromatic rings. The second-order valence-corrected chi connectivity index (χ2v) is 9.25. The maximum absolute atomic E-state index is 13.3. The molecule has 2 N–H and O–H groups in total. The Bertz CT molecular complexity index is 1050. The number of hydrogen-bond acceptors (Lipinski definition) is 6. The van der Waals surface area contributed by atoms with Crippen molar-refractivity contribution in [3.8, 4) is 0 Å². The highest BCUT2D eigenvalue weighted by molar-refractivity contribution is 7.15. The fourth-order valence-electron chi connectivity index (χ4n) is 4.63. The third-order valence-electron chi connectivity index (χ3n) is 6.12. The molecule has 1 saturated heterocycles. The Hall–Kier alpha value is -2.78. The minimum absolute atomic E-state index is 0.321. The lowest BCUT2D eigenvalue weighted by atomic mass is 9.76. The molecule has 2 aliphatic heterocycles. The molecule has 30 heavy (non-hydrogen) atoms. The SMILES string of the molecule is CN1CCc2nc(NC(=O)CN3C(=O)NC4(CCCc5ccccc54)C3=O)sc2C1. The van der Waals surface area contributed by atoms with E-state index >= 15 is 0 Å². The molecule has 9 heteroatoms. The highest BCUT2D eigenvalue weighted by Gasteiger charge is 2.54. The molecule has 1 fully saturated rings. The molecule has 1 aromatic heterocycles. The minimum Gasteiger partial charge on any atom is -0.319 e. The van der Waals surface area contributed by atoms with Gasteiger partial charge in [-0.15, -0.1) is 11.3 Å². The van der Waals surface area contributed by atoms with E-state index in [0.29, 0.717) is 11.6 Å². The van der Waals surface area contributed by atoms with E-state index in [0.717, 1.165) is 58.9 Å². The van der Waals surface area contributed by atoms with Crippen LogP contribution in [0.5, 0.6) is 0 Å². The molecule has 0 radical (unpaired) electrons. The van der Waals surface area contributed by atoms with Gasteiger partial charge in [-0.2, -0.15) is 0 Å². The lowest BCUT2D eigenvalue weighted by molar-refractivity contribution is -0.134. The Morgan fingerprint density at radius 1 is 1.30 bits per heavy atom. The van der Waals surface area contributed by atoms with Crippen molar-refractivity contribution in [2.75, 3.05) is 25.5 Å². The Balaban J connectivity index is 1.32. The lowest BCUT2D eigenvalue weighted by Gasteiger charge is -2.33. The summed E-state index contributed by atoms with van der Waals surface area (Å²) in [5, 5.41) is 6.17. The predicted molar refractivity (Wildman–Crippen MR) is 112 cm³/mol. The number of aromatic nitrogens is 1. The highest BCUT2D eigenvalue weighted by Crippen LogP contribution is 2.39. The minimum atomic E-state index is -1.06. The van der Waals surface area contributed by atoms with Gasteiger partial charge in [-0.05, 0) is 37.4 Å². The summed E-state index contributed by atoms with van der Waals surface area (Å²) in [5.41, 5.74) is 1.87. The number of rotatable bonds is 3. The molecular formula is C21H23N5O3S. The number of aryl methyl sites for hydroxylation is 1. The van der Waals surface area contributed by atoms with Crippen LogP contribution in [0.2, 0.25) is 0 Å². The van der Waals surface area contributed by atoms with Gasteiger partial charge in [0.25, 0.3) is 5.91 Å². The zero-order valence-electron chi connectivity index (χ0n) is 16.7. The highest BCUT2D eigenvalue weighted by atomic mass is 32.1. The van der Waals surface area contributed by atoms with Crippen LogP contribution in [-0.2, 0) is 34.5 Å². The standard InChI is InChI=1S/C21H23N5O3S/c1-25-10-8-15-16(11-25)30-19(22-15)23-17(27)12-26-18(28)21(24-20(26)29)9-4-6-13-5-2-3-7-14(13)21/h2-3,5,7H,4,6,8-12H2,1H3,(H,24,29)(H,22,23,27). The molecule has 3 aliphatic rings. The van der Waals surface area contributed by atoms with Gasteiger partial charge >= 0.3 is 6.03 Å². The number of amides is 4. The summed E-state index contributed by atoms with van der Waals surface area (Å²) in [7, 11) is 2.05. The smallest absolute Gasteiger partial charge is 0.319 e. The number of carbonyl (C=O) groups excluding carboxylic acids is 3. The van der Waals surface area contributed by atoms with Crippen LogP contribution in [0.25, 0.3) is 0 Å². The van der Waals surface area contributed by atoms with Crippen LogP contribution in [0.15, 0.2) is 24.3 Å². The van der Waals surface area contributed by atoms with Gasteiger partial charge in [-0.1, -0.05) is 24.3 Å². The summed E-state index contributed by atoms with van der Waals surface area (Å²) >= 11 is 1.45. The Labute approximate surface area is 178 Å². The number of nitrogens with one attached hydrogen (secondary N) is 2. The zero-order chi connectivity index (χ0) is 20.9. The number of fused-ring (bicyclic) bond motifs is 3.